The first-order valence-electron chi connectivity index (χ1n) is 9.24. The van der Waals surface area contributed by atoms with E-state index in [2.05, 4.69) is 59.7 Å². The molecule has 1 heterocycles. The summed E-state index contributed by atoms with van der Waals surface area (Å²) in [5.41, 5.74) is 4.18. The summed E-state index contributed by atoms with van der Waals surface area (Å²) in [6.07, 6.45) is 14.2. The van der Waals surface area contributed by atoms with Gasteiger partial charge in [-0.25, -0.2) is 0 Å². The zero-order chi connectivity index (χ0) is 15.9. The molecule has 2 aliphatic rings. The van der Waals surface area contributed by atoms with Crippen molar-refractivity contribution >= 4 is 6.08 Å². The molecular weight excluding hydrogens is 280 g/mol. The molecule has 1 aliphatic carbocycles. The highest BCUT2D eigenvalue weighted by Gasteiger charge is 2.26. The van der Waals surface area contributed by atoms with Gasteiger partial charge in [0.05, 0.1) is 0 Å². The maximum atomic E-state index is 3.54. The van der Waals surface area contributed by atoms with E-state index in [1.165, 1.54) is 68.3 Å². The van der Waals surface area contributed by atoms with Crippen molar-refractivity contribution in [2.45, 2.75) is 57.9 Å². The van der Waals surface area contributed by atoms with E-state index in [1.807, 2.05) is 0 Å². The lowest BCUT2D eigenvalue weighted by Crippen LogP contribution is -2.33. The number of nitrogens with zero attached hydrogens (tertiary/aromatic N) is 1. The van der Waals surface area contributed by atoms with Crippen LogP contribution >= 0.6 is 0 Å². The third-order valence-electron chi connectivity index (χ3n) is 5.08. The lowest BCUT2D eigenvalue weighted by molar-refractivity contribution is 0.222. The number of benzene rings is 1. The topological polar surface area (TPSA) is 15.3 Å². The van der Waals surface area contributed by atoms with E-state index < -0.39 is 0 Å². The largest absolute Gasteiger partial charge is 0.386 e. The summed E-state index contributed by atoms with van der Waals surface area (Å²) in [4.78, 5) is 2.68. The van der Waals surface area contributed by atoms with Crippen LogP contribution in [0.4, 0.5) is 0 Å². The average molecular weight is 310 g/mol. The zero-order valence-electron chi connectivity index (χ0n) is 14.4. The Bertz CT molecular complexity index is 538. The van der Waals surface area contributed by atoms with E-state index in [9.17, 15) is 0 Å². The summed E-state index contributed by atoms with van der Waals surface area (Å²) in [6.45, 7) is 4.39. The molecule has 2 fully saturated rings. The third-order valence-corrected chi connectivity index (χ3v) is 5.08. The van der Waals surface area contributed by atoms with Gasteiger partial charge in [0.25, 0.3) is 0 Å². The Morgan fingerprint density at radius 1 is 1.13 bits per heavy atom. The Kier molecular flexibility index (Phi) is 5.79. The molecule has 0 amide bonds. The van der Waals surface area contributed by atoms with E-state index in [1.54, 1.807) is 0 Å². The van der Waals surface area contributed by atoms with Crippen molar-refractivity contribution in [2.75, 3.05) is 13.1 Å². The molecule has 0 aromatic heterocycles. The van der Waals surface area contributed by atoms with Gasteiger partial charge >= 0.3 is 0 Å². The Labute approximate surface area is 141 Å². The van der Waals surface area contributed by atoms with Crippen LogP contribution in [0.3, 0.4) is 0 Å². The minimum Gasteiger partial charge on any atom is -0.386 e. The molecule has 1 saturated carbocycles. The fourth-order valence-corrected chi connectivity index (χ4v) is 3.90. The molecule has 0 unspecified atom stereocenters. The maximum absolute atomic E-state index is 3.54. The normalized spacial score (nSPS) is 21.9. The second-order valence-corrected chi connectivity index (χ2v) is 7.01. The van der Waals surface area contributed by atoms with Gasteiger partial charge in [0, 0.05) is 31.0 Å². The lowest BCUT2D eigenvalue weighted by atomic mass is 9.94. The lowest BCUT2D eigenvalue weighted by Gasteiger charge is -2.33. The van der Waals surface area contributed by atoms with Crippen LogP contribution < -0.4 is 5.32 Å². The van der Waals surface area contributed by atoms with E-state index in [4.69, 9.17) is 0 Å². The van der Waals surface area contributed by atoms with Crippen LogP contribution in [0.1, 0.15) is 57.4 Å². The van der Waals surface area contributed by atoms with Gasteiger partial charge in [-0.15, -0.1) is 0 Å². The molecule has 1 aromatic rings. The van der Waals surface area contributed by atoms with Crippen LogP contribution in [0, 0.1) is 0 Å². The van der Waals surface area contributed by atoms with Crippen LogP contribution in [0.15, 0.2) is 47.8 Å². The molecule has 124 valence electrons. The summed E-state index contributed by atoms with van der Waals surface area (Å²) >= 11 is 0. The zero-order valence-corrected chi connectivity index (χ0v) is 14.4. The number of hydrogen-bond donors (Lipinski definition) is 1. The Hall–Kier alpha value is -1.70. The molecule has 23 heavy (non-hydrogen) atoms. The van der Waals surface area contributed by atoms with E-state index in [-0.39, 0.29) is 0 Å². The summed E-state index contributed by atoms with van der Waals surface area (Å²) < 4.78 is 0. The fourth-order valence-electron chi connectivity index (χ4n) is 3.90. The SMILES string of the molecule is C/C(=C\c1ccccc1)CN/C=C1\CCCN1C1CCCCC1. The molecule has 1 saturated heterocycles. The molecule has 1 aromatic carbocycles. The molecular formula is C21H30N2. The van der Waals surface area contributed by atoms with Crippen molar-refractivity contribution in [3.05, 3.63) is 53.4 Å². The maximum Gasteiger partial charge on any atom is 0.0355 e. The minimum atomic E-state index is 0.806. The highest BCUT2D eigenvalue weighted by atomic mass is 15.2. The number of allylic oxidation sites excluding steroid dienone is 1. The minimum absolute atomic E-state index is 0.806. The summed E-state index contributed by atoms with van der Waals surface area (Å²) in [6, 6.07) is 11.4. The molecule has 0 atom stereocenters. The second-order valence-electron chi connectivity index (χ2n) is 7.01. The van der Waals surface area contributed by atoms with Gasteiger partial charge in [-0.1, -0.05) is 61.2 Å². The van der Waals surface area contributed by atoms with Crippen molar-refractivity contribution in [1.29, 1.82) is 0 Å². The Morgan fingerprint density at radius 3 is 2.70 bits per heavy atom. The predicted octanol–water partition coefficient (Wildman–Crippen LogP) is 4.95. The average Bonchev–Trinajstić information content (AvgIpc) is 3.05. The van der Waals surface area contributed by atoms with Crippen molar-refractivity contribution in [2.24, 2.45) is 0 Å². The van der Waals surface area contributed by atoms with Gasteiger partial charge in [0.1, 0.15) is 0 Å². The number of hydrogen-bond acceptors (Lipinski definition) is 2. The predicted molar refractivity (Wildman–Crippen MR) is 99.0 cm³/mol. The van der Waals surface area contributed by atoms with E-state index in [0.29, 0.717) is 0 Å². The van der Waals surface area contributed by atoms with Gasteiger partial charge in [-0.2, -0.15) is 0 Å². The molecule has 0 bridgehead atoms. The van der Waals surface area contributed by atoms with Gasteiger partial charge in [-0.05, 0) is 38.2 Å². The van der Waals surface area contributed by atoms with Crippen LogP contribution in [0.5, 0.6) is 0 Å². The molecule has 0 radical (unpaired) electrons. The first-order chi connectivity index (χ1) is 11.3. The number of nitrogens with one attached hydrogen (secondary N) is 1. The first kappa shape index (κ1) is 16.2. The fraction of sp³-hybridized carbons (Fsp3) is 0.524. The second kappa shape index (κ2) is 8.24. The molecule has 2 heteroatoms. The van der Waals surface area contributed by atoms with Gasteiger partial charge in [0.2, 0.25) is 0 Å². The molecule has 2 nitrogen and oxygen atoms in total. The van der Waals surface area contributed by atoms with E-state index in [0.717, 1.165) is 12.6 Å². The molecule has 1 aliphatic heterocycles. The van der Waals surface area contributed by atoms with Crippen molar-refractivity contribution in [1.82, 2.24) is 10.2 Å². The summed E-state index contributed by atoms with van der Waals surface area (Å²) in [5.74, 6) is 0. The molecule has 1 N–H and O–H groups in total. The van der Waals surface area contributed by atoms with Gasteiger partial charge < -0.3 is 10.2 Å². The van der Waals surface area contributed by atoms with Crippen LogP contribution in [0.2, 0.25) is 0 Å². The molecule has 3 rings (SSSR count). The molecule has 0 spiro atoms. The first-order valence-corrected chi connectivity index (χ1v) is 9.24. The van der Waals surface area contributed by atoms with Gasteiger partial charge in [0.15, 0.2) is 0 Å². The highest BCUT2D eigenvalue weighted by Crippen LogP contribution is 2.30. The van der Waals surface area contributed by atoms with Crippen molar-refractivity contribution < 1.29 is 0 Å². The summed E-state index contributed by atoms with van der Waals surface area (Å²) in [5, 5.41) is 3.54. The highest BCUT2D eigenvalue weighted by molar-refractivity contribution is 5.52. The number of rotatable bonds is 5. The van der Waals surface area contributed by atoms with E-state index >= 15 is 0 Å². The Morgan fingerprint density at radius 2 is 1.91 bits per heavy atom. The standard InChI is InChI=1S/C21H30N2/c1-18(15-19-9-4-2-5-10-19)16-22-17-21-13-8-14-23(21)20-11-6-3-7-12-20/h2,4-5,9-10,15,17,20,22H,3,6-8,11-14,16H2,1H3/b18-15+,21-17+. The quantitative estimate of drug-likeness (QED) is 0.828. The smallest absolute Gasteiger partial charge is 0.0355 e. The van der Waals surface area contributed by atoms with Crippen molar-refractivity contribution in [3.63, 3.8) is 0 Å². The number of likely N-dealkylation sites (tertiary alicyclic amines) is 1. The van der Waals surface area contributed by atoms with Gasteiger partial charge in [-0.3, -0.25) is 0 Å². The Balaban J connectivity index is 1.53. The summed E-state index contributed by atoms with van der Waals surface area (Å²) in [7, 11) is 0. The van der Waals surface area contributed by atoms with Crippen LogP contribution in [0.25, 0.3) is 6.08 Å². The third kappa shape index (κ3) is 4.63. The van der Waals surface area contributed by atoms with Crippen molar-refractivity contribution in [3.8, 4) is 0 Å². The van der Waals surface area contributed by atoms with Crippen LogP contribution in [-0.4, -0.2) is 24.0 Å². The van der Waals surface area contributed by atoms with Crippen LogP contribution in [-0.2, 0) is 0 Å². The monoisotopic (exact) mass is 310 g/mol.